The van der Waals surface area contributed by atoms with Gasteiger partial charge >= 0.3 is 24.3 Å². The fourth-order valence-corrected chi connectivity index (χ4v) is 4.25. The van der Waals surface area contributed by atoms with Crippen LogP contribution in [-0.4, -0.2) is 74.9 Å². The highest BCUT2D eigenvalue weighted by Crippen LogP contribution is 2.26. The quantitative estimate of drug-likeness (QED) is 0.211. The number of halogens is 7. The number of fused-ring (bicyclic) bond motifs is 1. The van der Waals surface area contributed by atoms with E-state index in [1.807, 2.05) is 24.3 Å². The van der Waals surface area contributed by atoms with E-state index in [0.717, 1.165) is 34.0 Å². The Morgan fingerprint density at radius 1 is 1.02 bits per heavy atom. The molecule has 3 heterocycles. The topological polar surface area (TPSA) is 174 Å². The lowest BCUT2D eigenvalue weighted by atomic mass is 9.96. The number of carboxylic acids is 2. The van der Waals surface area contributed by atoms with Crippen LogP contribution in [0.15, 0.2) is 53.3 Å². The molecule has 4 rings (SSSR count). The maximum Gasteiger partial charge on any atom is 0.490 e. The predicted octanol–water partition coefficient (Wildman–Crippen LogP) is 3.86. The lowest BCUT2D eigenvalue weighted by Crippen LogP contribution is -2.49. The molecule has 0 aliphatic carbocycles. The van der Waals surface area contributed by atoms with Crippen molar-refractivity contribution in [1.29, 1.82) is 0 Å². The molecule has 18 heteroatoms. The molecule has 1 aliphatic rings. The van der Waals surface area contributed by atoms with Crippen molar-refractivity contribution in [3.8, 4) is 0 Å². The SMILES string of the molecule is CC(NC(=O)[C@H]1C[C@H](c2ccccc2)CN1)C(=O)NCc1cc2c(Br)cncc2[nH]1.O=C(O)C(F)(F)F.O=C(O)C(F)(F)F. The van der Waals surface area contributed by atoms with Crippen molar-refractivity contribution < 1.29 is 55.7 Å². The minimum Gasteiger partial charge on any atom is -0.475 e. The second-order valence-corrected chi connectivity index (χ2v) is 10.1. The molecule has 1 aliphatic heterocycles. The number of pyridine rings is 1. The largest absolute Gasteiger partial charge is 0.490 e. The van der Waals surface area contributed by atoms with E-state index < -0.39 is 30.3 Å². The van der Waals surface area contributed by atoms with Gasteiger partial charge in [0.2, 0.25) is 11.8 Å². The van der Waals surface area contributed by atoms with Crippen molar-refractivity contribution in [2.75, 3.05) is 6.54 Å². The van der Waals surface area contributed by atoms with Crippen LogP contribution in [0.5, 0.6) is 0 Å². The van der Waals surface area contributed by atoms with Crippen molar-refractivity contribution in [1.82, 2.24) is 25.9 Å². The Hall–Kier alpha value is -4.19. The third-order valence-corrected chi connectivity index (χ3v) is 6.59. The number of nitrogens with zero attached hydrogens (tertiary/aromatic N) is 1. The molecule has 0 radical (unpaired) electrons. The van der Waals surface area contributed by atoms with Gasteiger partial charge in [0.15, 0.2) is 0 Å². The van der Waals surface area contributed by atoms with Crippen molar-refractivity contribution in [2.45, 2.75) is 50.2 Å². The normalized spacial score (nSPS) is 16.9. The van der Waals surface area contributed by atoms with Gasteiger partial charge in [-0.05, 0) is 46.8 Å². The number of carbonyl (C=O) groups excluding carboxylic acids is 2. The van der Waals surface area contributed by atoms with E-state index in [-0.39, 0.29) is 17.9 Å². The molecule has 44 heavy (non-hydrogen) atoms. The van der Waals surface area contributed by atoms with Crippen molar-refractivity contribution in [3.63, 3.8) is 0 Å². The number of hydrogen-bond donors (Lipinski definition) is 6. The predicted molar refractivity (Wildman–Crippen MR) is 146 cm³/mol. The number of aliphatic carboxylic acids is 2. The second kappa shape index (κ2) is 15.5. The average molecular weight is 698 g/mol. The molecule has 2 amide bonds. The first-order valence-electron chi connectivity index (χ1n) is 12.5. The fraction of sp³-hybridized carbons (Fsp3) is 0.346. The van der Waals surface area contributed by atoms with Gasteiger partial charge in [0.1, 0.15) is 6.04 Å². The van der Waals surface area contributed by atoms with Crippen LogP contribution in [0.3, 0.4) is 0 Å². The summed E-state index contributed by atoms with van der Waals surface area (Å²) in [7, 11) is 0. The maximum absolute atomic E-state index is 12.6. The van der Waals surface area contributed by atoms with Gasteiger partial charge in [-0.25, -0.2) is 9.59 Å². The molecule has 6 N–H and O–H groups in total. The van der Waals surface area contributed by atoms with Gasteiger partial charge in [-0.15, -0.1) is 0 Å². The number of nitrogens with one attached hydrogen (secondary N) is 4. The Morgan fingerprint density at radius 3 is 2.11 bits per heavy atom. The lowest BCUT2D eigenvalue weighted by Gasteiger charge is -2.17. The first kappa shape index (κ1) is 36.0. The Morgan fingerprint density at radius 2 is 1.59 bits per heavy atom. The molecular weight excluding hydrogens is 672 g/mol. The van der Waals surface area contributed by atoms with Gasteiger partial charge in [-0.3, -0.25) is 14.6 Å². The van der Waals surface area contributed by atoms with Crippen LogP contribution in [0.2, 0.25) is 0 Å². The van der Waals surface area contributed by atoms with Crippen LogP contribution >= 0.6 is 15.9 Å². The third-order valence-electron chi connectivity index (χ3n) is 5.96. The number of benzene rings is 1. The van der Waals surface area contributed by atoms with Crippen molar-refractivity contribution in [2.24, 2.45) is 0 Å². The summed E-state index contributed by atoms with van der Waals surface area (Å²) in [6.45, 7) is 2.80. The summed E-state index contributed by atoms with van der Waals surface area (Å²) in [5.41, 5.74) is 3.00. The van der Waals surface area contributed by atoms with Crippen LogP contribution in [0.25, 0.3) is 10.9 Å². The van der Waals surface area contributed by atoms with Crippen LogP contribution < -0.4 is 16.0 Å². The summed E-state index contributed by atoms with van der Waals surface area (Å²) in [4.78, 5) is 50.2. The molecule has 240 valence electrons. The summed E-state index contributed by atoms with van der Waals surface area (Å²) in [6, 6.07) is 11.2. The Balaban J connectivity index is 0.000000402. The standard InChI is InChI=1S/C22H24BrN5O2.2C2HF3O2/c1-13(21(29)26-10-16-8-17-18(23)11-24-12-20(17)28-16)27-22(30)19-7-15(9-25-19)14-5-3-2-4-6-14;2*3-2(4,5)1(6)7/h2-6,8,11-13,15,19,25,28H,7,9-10H2,1H3,(H,26,29)(H,27,30);2*(H,6,7)/t13?,15-,19+;;/m0../s1. The number of carboxylic acid groups (broad SMARTS) is 2. The number of rotatable bonds is 6. The minimum absolute atomic E-state index is 0.142. The van der Waals surface area contributed by atoms with Gasteiger partial charge in [-0.1, -0.05) is 30.3 Å². The molecule has 3 aromatic rings. The van der Waals surface area contributed by atoms with E-state index in [1.54, 1.807) is 19.3 Å². The van der Waals surface area contributed by atoms with E-state index in [2.05, 4.69) is 54.0 Å². The van der Waals surface area contributed by atoms with Gasteiger partial charge in [0, 0.05) is 28.3 Å². The molecule has 0 spiro atoms. The van der Waals surface area contributed by atoms with Gasteiger partial charge in [0.25, 0.3) is 0 Å². The van der Waals surface area contributed by atoms with Crippen LogP contribution in [-0.2, 0) is 25.7 Å². The smallest absolute Gasteiger partial charge is 0.475 e. The maximum atomic E-state index is 12.6. The third kappa shape index (κ3) is 11.1. The Labute approximate surface area is 253 Å². The van der Waals surface area contributed by atoms with E-state index in [1.165, 1.54) is 5.56 Å². The summed E-state index contributed by atoms with van der Waals surface area (Å²) < 4.78 is 64.4. The number of aromatic amines is 1. The summed E-state index contributed by atoms with van der Waals surface area (Å²) in [6.07, 6.45) is -5.97. The zero-order chi connectivity index (χ0) is 33.2. The molecule has 1 fully saturated rings. The molecule has 2 aromatic heterocycles. The lowest BCUT2D eigenvalue weighted by molar-refractivity contribution is -0.193. The van der Waals surface area contributed by atoms with E-state index in [9.17, 15) is 35.9 Å². The highest BCUT2D eigenvalue weighted by atomic mass is 79.9. The van der Waals surface area contributed by atoms with Crippen LogP contribution in [0, 0.1) is 0 Å². The zero-order valence-electron chi connectivity index (χ0n) is 22.6. The van der Waals surface area contributed by atoms with Gasteiger partial charge < -0.3 is 31.1 Å². The minimum atomic E-state index is -5.08. The molecule has 3 atom stereocenters. The molecular formula is C26H26BrF6N5O6. The monoisotopic (exact) mass is 697 g/mol. The number of carbonyl (C=O) groups is 4. The number of amides is 2. The first-order chi connectivity index (χ1) is 20.4. The second-order valence-electron chi connectivity index (χ2n) is 9.24. The number of hydrogen-bond acceptors (Lipinski definition) is 6. The fourth-order valence-electron chi connectivity index (χ4n) is 3.80. The Kier molecular flexibility index (Phi) is 12.7. The summed E-state index contributed by atoms with van der Waals surface area (Å²) >= 11 is 3.47. The van der Waals surface area contributed by atoms with E-state index >= 15 is 0 Å². The van der Waals surface area contributed by atoms with E-state index in [4.69, 9.17) is 19.8 Å². The van der Waals surface area contributed by atoms with Gasteiger partial charge in [-0.2, -0.15) is 26.3 Å². The molecule has 0 saturated carbocycles. The summed E-state index contributed by atoms with van der Waals surface area (Å²) in [5.74, 6) is -5.57. The highest BCUT2D eigenvalue weighted by Gasteiger charge is 2.39. The van der Waals surface area contributed by atoms with Crippen LogP contribution in [0.1, 0.15) is 30.5 Å². The molecule has 0 bridgehead atoms. The molecule has 1 saturated heterocycles. The Bertz CT molecular complexity index is 1430. The van der Waals surface area contributed by atoms with E-state index in [0.29, 0.717) is 12.5 Å². The zero-order valence-corrected chi connectivity index (χ0v) is 24.2. The number of H-pyrrole nitrogens is 1. The first-order valence-corrected chi connectivity index (χ1v) is 13.3. The van der Waals surface area contributed by atoms with Crippen molar-refractivity contribution >= 4 is 50.6 Å². The average Bonchev–Trinajstić information content (AvgIpc) is 3.60. The van der Waals surface area contributed by atoms with Crippen LogP contribution in [0.4, 0.5) is 26.3 Å². The summed E-state index contributed by atoms with van der Waals surface area (Å²) in [5, 5.41) is 24.2. The number of alkyl halides is 6. The molecule has 1 aromatic carbocycles. The van der Waals surface area contributed by atoms with Crippen molar-refractivity contribution in [3.05, 3.63) is 64.5 Å². The molecule has 11 nitrogen and oxygen atoms in total. The van der Waals surface area contributed by atoms with Gasteiger partial charge in [0.05, 0.1) is 24.3 Å². The highest BCUT2D eigenvalue weighted by molar-refractivity contribution is 9.10. The molecule has 1 unspecified atom stereocenters. The number of aromatic nitrogens is 2.